The van der Waals surface area contributed by atoms with Crippen LogP contribution in [0.25, 0.3) is 11.1 Å². The summed E-state index contributed by atoms with van der Waals surface area (Å²) in [4.78, 5) is 7.11. The van der Waals surface area contributed by atoms with Gasteiger partial charge in [0, 0.05) is 23.6 Å². The Hall–Kier alpha value is -3.05. The van der Waals surface area contributed by atoms with Gasteiger partial charge in [-0.25, -0.2) is 14.4 Å². The molecular formula is C18H17F4N5O2. The minimum absolute atomic E-state index is 0.0159. The Bertz CT molecular complexity index is 1000. The van der Waals surface area contributed by atoms with Gasteiger partial charge in [-0.05, 0) is 36.8 Å². The maximum absolute atomic E-state index is 14.1. The predicted octanol–water partition coefficient (Wildman–Crippen LogP) is 2.98. The molecule has 0 spiro atoms. The van der Waals surface area contributed by atoms with Gasteiger partial charge in [0.25, 0.3) is 0 Å². The van der Waals surface area contributed by atoms with E-state index in [0.717, 1.165) is 18.3 Å². The Morgan fingerprint density at radius 3 is 2.62 bits per heavy atom. The summed E-state index contributed by atoms with van der Waals surface area (Å²) in [6.45, 7) is 0.989. The summed E-state index contributed by atoms with van der Waals surface area (Å²) in [7, 11) is 0. The van der Waals surface area contributed by atoms with Gasteiger partial charge < -0.3 is 15.5 Å². The van der Waals surface area contributed by atoms with Crippen molar-refractivity contribution in [2.75, 3.05) is 11.9 Å². The Morgan fingerprint density at radius 1 is 1.17 bits per heavy atom. The van der Waals surface area contributed by atoms with E-state index in [1.54, 1.807) is 6.20 Å². The highest BCUT2D eigenvalue weighted by Crippen LogP contribution is 2.29. The molecule has 3 rings (SSSR count). The van der Waals surface area contributed by atoms with Crippen molar-refractivity contribution >= 4 is 11.6 Å². The molecule has 0 saturated carbocycles. The van der Waals surface area contributed by atoms with Crippen LogP contribution in [0.1, 0.15) is 12.6 Å². The van der Waals surface area contributed by atoms with Gasteiger partial charge >= 0.3 is 6.18 Å². The van der Waals surface area contributed by atoms with Crippen LogP contribution in [-0.4, -0.2) is 42.2 Å². The summed E-state index contributed by atoms with van der Waals surface area (Å²) in [6.07, 6.45) is -0.692. The van der Waals surface area contributed by atoms with E-state index in [0.29, 0.717) is 11.1 Å². The van der Waals surface area contributed by atoms with Crippen LogP contribution in [0.15, 0.2) is 42.9 Å². The van der Waals surface area contributed by atoms with Crippen LogP contribution in [0.3, 0.4) is 0 Å². The average molecular weight is 411 g/mol. The fourth-order valence-corrected chi connectivity index (χ4v) is 2.53. The number of nitrogens with zero attached hydrogens (tertiary/aromatic N) is 4. The zero-order valence-electron chi connectivity index (χ0n) is 15.2. The Morgan fingerprint density at radius 2 is 1.93 bits per heavy atom. The van der Waals surface area contributed by atoms with E-state index >= 15 is 0 Å². The standard InChI is InChI=1S/C18H17F4N5O2/c1-17(29,10-28)9-27-8-12(7-24-27)11-4-13(19)6-14(5-11)25-16-23-3-2-15(26-16)18(20,21)22/h2-8,28-29H,9-10H2,1H3,(H,23,25,26). The third-order valence-electron chi connectivity index (χ3n) is 3.91. The first-order valence-corrected chi connectivity index (χ1v) is 8.40. The molecule has 0 bridgehead atoms. The molecule has 11 heteroatoms. The molecule has 0 aliphatic rings. The molecule has 3 N–H and O–H groups in total. The number of aliphatic hydroxyl groups is 2. The van der Waals surface area contributed by atoms with Crippen molar-refractivity contribution in [1.29, 1.82) is 0 Å². The lowest BCUT2D eigenvalue weighted by molar-refractivity contribution is -0.141. The van der Waals surface area contributed by atoms with Crippen LogP contribution in [-0.2, 0) is 12.7 Å². The zero-order chi connectivity index (χ0) is 21.2. The Balaban J connectivity index is 1.85. The molecule has 1 unspecified atom stereocenters. The predicted molar refractivity (Wildman–Crippen MR) is 95.6 cm³/mol. The van der Waals surface area contributed by atoms with Crippen LogP contribution in [0.4, 0.5) is 29.2 Å². The molecule has 1 aromatic carbocycles. The first kappa shape index (κ1) is 20.7. The number of benzene rings is 1. The lowest BCUT2D eigenvalue weighted by Gasteiger charge is -2.19. The second-order valence-electron chi connectivity index (χ2n) is 6.70. The number of nitrogens with one attached hydrogen (secondary N) is 1. The summed E-state index contributed by atoms with van der Waals surface area (Å²) in [5.41, 5.74) is -1.45. The molecule has 0 aliphatic carbocycles. The van der Waals surface area contributed by atoms with Crippen LogP contribution in [0.5, 0.6) is 0 Å². The smallest absolute Gasteiger partial charge is 0.393 e. The fourth-order valence-electron chi connectivity index (χ4n) is 2.53. The largest absolute Gasteiger partial charge is 0.433 e. The van der Waals surface area contributed by atoms with E-state index < -0.39 is 29.9 Å². The average Bonchev–Trinajstić information content (AvgIpc) is 3.08. The molecule has 0 amide bonds. The first-order valence-electron chi connectivity index (χ1n) is 8.40. The quantitative estimate of drug-likeness (QED) is 0.540. The summed E-state index contributed by atoms with van der Waals surface area (Å²) < 4.78 is 53.8. The molecule has 154 valence electrons. The summed E-state index contributed by atoms with van der Waals surface area (Å²) >= 11 is 0. The van der Waals surface area contributed by atoms with Gasteiger partial charge in [-0.15, -0.1) is 0 Å². The Labute approximate surface area is 162 Å². The van der Waals surface area contributed by atoms with Crippen molar-refractivity contribution in [1.82, 2.24) is 19.7 Å². The van der Waals surface area contributed by atoms with Crippen molar-refractivity contribution in [3.63, 3.8) is 0 Å². The molecular weight excluding hydrogens is 394 g/mol. The fraction of sp³-hybridized carbons (Fsp3) is 0.278. The molecule has 0 fully saturated rings. The number of aliphatic hydroxyl groups excluding tert-OH is 1. The van der Waals surface area contributed by atoms with Crippen LogP contribution < -0.4 is 5.32 Å². The minimum Gasteiger partial charge on any atom is -0.393 e. The highest BCUT2D eigenvalue weighted by atomic mass is 19.4. The number of rotatable bonds is 6. The topological polar surface area (TPSA) is 96.1 Å². The molecule has 0 radical (unpaired) electrons. The molecule has 3 aromatic rings. The van der Waals surface area contributed by atoms with Crippen LogP contribution in [0.2, 0.25) is 0 Å². The molecule has 0 aliphatic heterocycles. The number of alkyl halides is 3. The Kier molecular flexibility index (Phi) is 5.53. The van der Waals surface area contributed by atoms with Gasteiger partial charge in [-0.1, -0.05) is 0 Å². The number of anilines is 2. The van der Waals surface area contributed by atoms with Gasteiger partial charge in [0.15, 0.2) is 0 Å². The maximum atomic E-state index is 14.1. The lowest BCUT2D eigenvalue weighted by Crippen LogP contribution is -2.34. The van der Waals surface area contributed by atoms with Crippen molar-refractivity contribution < 1.29 is 27.8 Å². The van der Waals surface area contributed by atoms with Gasteiger partial charge in [0.05, 0.1) is 19.3 Å². The molecule has 7 nitrogen and oxygen atoms in total. The highest BCUT2D eigenvalue weighted by molar-refractivity contribution is 5.69. The summed E-state index contributed by atoms with van der Waals surface area (Å²) in [5.74, 6) is -0.960. The van der Waals surface area contributed by atoms with Gasteiger partial charge in [0.2, 0.25) is 5.95 Å². The monoisotopic (exact) mass is 411 g/mol. The number of hydrogen-bond acceptors (Lipinski definition) is 6. The SMILES string of the molecule is CC(O)(CO)Cn1cc(-c2cc(F)cc(Nc3nccc(C(F)(F)F)n3)c2)cn1. The molecule has 2 aromatic heterocycles. The summed E-state index contributed by atoms with van der Waals surface area (Å²) in [6, 6.07) is 4.55. The van der Waals surface area contributed by atoms with Gasteiger partial charge in [-0.3, -0.25) is 4.68 Å². The van der Waals surface area contributed by atoms with Crippen molar-refractivity contribution in [3.8, 4) is 11.1 Å². The lowest BCUT2D eigenvalue weighted by atomic mass is 10.1. The maximum Gasteiger partial charge on any atom is 0.433 e. The van der Waals surface area contributed by atoms with Gasteiger partial charge in [-0.2, -0.15) is 18.3 Å². The molecule has 0 saturated heterocycles. The molecule has 2 heterocycles. The van der Waals surface area contributed by atoms with Crippen LogP contribution in [0, 0.1) is 5.82 Å². The highest BCUT2D eigenvalue weighted by Gasteiger charge is 2.32. The van der Waals surface area contributed by atoms with Crippen molar-refractivity contribution in [2.24, 2.45) is 0 Å². The molecule has 1 atom stereocenters. The zero-order valence-corrected chi connectivity index (χ0v) is 15.2. The van der Waals surface area contributed by atoms with Gasteiger partial charge in [0.1, 0.15) is 17.1 Å². The van der Waals surface area contributed by atoms with E-state index in [9.17, 15) is 22.7 Å². The normalized spacial score (nSPS) is 13.9. The third-order valence-corrected chi connectivity index (χ3v) is 3.91. The number of aromatic nitrogens is 4. The third kappa shape index (κ3) is 5.27. The van der Waals surface area contributed by atoms with E-state index in [1.807, 2.05) is 0 Å². The number of halogens is 4. The minimum atomic E-state index is -4.63. The van der Waals surface area contributed by atoms with E-state index in [-0.39, 0.29) is 18.2 Å². The number of hydrogen-bond donors (Lipinski definition) is 3. The molecule has 29 heavy (non-hydrogen) atoms. The van der Waals surface area contributed by atoms with Crippen molar-refractivity contribution in [2.45, 2.75) is 25.2 Å². The second-order valence-corrected chi connectivity index (χ2v) is 6.70. The van der Waals surface area contributed by atoms with E-state index in [2.05, 4.69) is 20.4 Å². The van der Waals surface area contributed by atoms with Crippen molar-refractivity contribution in [3.05, 3.63) is 54.4 Å². The van der Waals surface area contributed by atoms with Crippen LogP contribution >= 0.6 is 0 Å². The summed E-state index contributed by atoms with van der Waals surface area (Å²) in [5, 5.41) is 25.7. The second kappa shape index (κ2) is 7.76. The van der Waals surface area contributed by atoms with E-state index in [4.69, 9.17) is 5.11 Å². The van der Waals surface area contributed by atoms with E-state index in [1.165, 1.54) is 29.9 Å². The first-order chi connectivity index (χ1) is 13.6.